The van der Waals surface area contributed by atoms with Gasteiger partial charge in [0.15, 0.2) is 11.5 Å². The number of carbonyl (C=O) groups is 2. The van der Waals surface area contributed by atoms with E-state index >= 15 is 0 Å². The maximum Gasteiger partial charge on any atom is 0.254 e. The number of hydrogen-bond donors (Lipinski definition) is 1. The number of rotatable bonds is 6. The number of anilines is 1. The largest absolute Gasteiger partial charge is 0.497 e. The van der Waals surface area contributed by atoms with Crippen molar-refractivity contribution in [1.29, 1.82) is 0 Å². The lowest BCUT2D eigenvalue weighted by molar-refractivity contribution is -0.116. The second-order valence-electron chi connectivity index (χ2n) is 5.79. The number of benzene rings is 2. The lowest BCUT2D eigenvalue weighted by Gasteiger charge is -2.21. The lowest BCUT2D eigenvalue weighted by Crippen LogP contribution is -2.37. The number of halogens is 1. The van der Waals surface area contributed by atoms with Crippen LogP contribution in [0, 0.1) is 0 Å². The van der Waals surface area contributed by atoms with Crippen molar-refractivity contribution in [2.24, 2.45) is 0 Å². The van der Waals surface area contributed by atoms with E-state index in [0.29, 0.717) is 40.1 Å². The third-order valence-electron chi connectivity index (χ3n) is 4.05. The first kappa shape index (κ1) is 18.8. The third-order valence-corrected chi connectivity index (χ3v) is 4.33. The Bertz CT molecular complexity index is 854. The minimum absolute atomic E-state index is 0.0639. The molecule has 0 bridgehead atoms. The summed E-state index contributed by atoms with van der Waals surface area (Å²) in [4.78, 5) is 26.5. The van der Waals surface area contributed by atoms with Gasteiger partial charge in [-0.05, 0) is 43.3 Å². The molecule has 1 aliphatic rings. The topological polar surface area (TPSA) is 77.1 Å². The molecule has 0 spiro atoms. The number of methoxy groups -OCH3 is 1. The number of amides is 2. The van der Waals surface area contributed by atoms with Crippen molar-refractivity contribution in [3.8, 4) is 17.2 Å². The monoisotopic (exact) mass is 390 g/mol. The predicted octanol–water partition coefficient (Wildman–Crippen LogP) is 3.18. The van der Waals surface area contributed by atoms with Crippen molar-refractivity contribution >= 4 is 29.1 Å². The molecule has 1 heterocycles. The number of carbonyl (C=O) groups excluding carboxylic acids is 2. The summed E-state index contributed by atoms with van der Waals surface area (Å²) in [6.45, 7) is 2.13. The Balaban J connectivity index is 1.68. The number of hydrogen-bond acceptors (Lipinski definition) is 5. The molecule has 8 heteroatoms. The molecular weight excluding hydrogens is 372 g/mol. The van der Waals surface area contributed by atoms with E-state index < -0.39 is 0 Å². The average molecular weight is 391 g/mol. The summed E-state index contributed by atoms with van der Waals surface area (Å²) in [6.07, 6.45) is 0. The molecule has 2 aromatic carbocycles. The van der Waals surface area contributed by atoms with Crippen LogP contribution in [-0.4, -0.2) is 43.7 Å². The van der Waals surface area contributed by atoms with E-state index in [-0.39, 0.29) is 25.2 Å². The summed E-state index contributed by atoms with van der Waals surface area (Å²) in [6, 6.07) is 10.0. The van der Waals surface area contributed by atoms with Crippen LogP contribution in [0.4, 0.5) is 5.69 Å². The highest BCUT2D eigenvalue weighted by atomic mass is 35.5. The summed E-state index contributed by atoms with van der Waals surface area (Å²) < 4.78 is 15.6. The molecule has 0 atom stereocenters. The number of nitrogens with one attached hydrogen (secondary N) is 1. The highest BCUT2D eigenvalue weighted by molar-refractivity contribution is 6.32. The number of likely N-dealkylation sites (N-methyl/N-ethyl adjacent to an activating group) is 1. The molecule has 0 aromatic heterocycles. The van der Waals surface area contributed by atoms with Crippen LogP contribution in [-0.2, 0) is 4.79 Å². The fourth-order valence-electron chi connectivity index (χ4n) is 2.65. The van der Waals surface area contributed by atoms with Crippen molar-refractivity contribution in [3.63, 3.8) is 0 Å². The Kier molecular flexibility index (Phi) is 5.71. The molecule has 0 fully saturated rings. The van der Waals surface area contributed by atoms with E-state index in [1.54, 1.807) is 44.4 Å². The van der Waals surface area contributed by atoms with Crippen molar-refractivity contribution in [2.75, 3.05) is 32.3 Å². The second kappa shape index (κ2) is 8.18. The first-order chi connectivity index (χ1) is 13.0. The number of ether oxygens (including phenoxy) is 3. The van der Waals surface area contributed by atoms with E-state index in [4.69, 9.17) is 25.8 Å². The van der Waals surface area contributed by atoms with Crippen LogP contribution in [0.15, 0.2) is 36.4 Å². The van der Waals surface area contributed by atoms with Gasteiger partial charge in [0.1, 0.15) is 12.3 Å². The van der Waals surface area contributed by atoms with Gasteiger partial charge in [-0.15, -0.1) is 0 Å². The summed E-state index contributed by atoms with van der Waals surface area (Å²) in [7, 11) is 1.57. The molecule has 1 aliphatic heterocycles. The molecule has 0 unspecified atom stereocenters. The summed E-state index contributed by atoms with van der Waals surface area (Å²) in [5.41, 5.74) is 0.957. The maximum absolute atomic E-state index is 12.8. The molecule has 7 nitrogen and oxygen atoms in total. The Labute approximate surface area is 161 Å². The highest BCUT2D eigenvalue weighted by Crippen LogP contribution is 2.40. The summed E-state index contributed by atoms with van der Waals surface area (Å²) >= 11 is 6.14. The third kappa shape index (κ3) is 4.25. The Hall–Kier alpha value is -2.93. The van der Waals surface area contributed by atoms with Crippen molar-refractivity contribution in [1.82, 2.24) is 4.90 Å². The smallest absolute Gasteiger partial charge is 0.254 e. The van der Waals surface area contributed by atoms with Gasteiger partial charge in [-0.2, -0.15) is 0 Å². The van der Waals surface area contributed by atoms with Crippen LogP contribution in [0.3, 0.4) is 0 Å². The maximum atomic E-state index is 12.8. The minimum Gasteiger partial charge on any atom is -0.497 e. The average Bonchev–Trinajstić information content (AvgIpc) is 3.15. The number of nitrogens with zero attached hydrogens (tertiary/aromatic N) is 1. The molecule has 142 valence electrons. The quantitative estimate of drug-likeness (QED) is 0.819. The van der Waals surface area contributed by atoms with Gasteiger partial charge >= 0.3 is 0 Å². The van der Waals surface area contributed by atoms with Crippen LogP contribution in [0.25, 0.3) is 0 Å². The van der Waals surface area contributed by atoms with Gasteiger partial charge in [0.25, 0.3) is 5.91 Å². The van der Waals surface area contributed by atoms with E-state index in [1.165, 1.54) is 11.0 Å². The SMILES string of the molecule is CCN(CC(=O)Nc1ccc(OC)cc1)C(=O)c1cc(Cl)c2c(c1)OCO2. The van der Waals surface area contributed by atoms with Crippen molar-refractivity contribution in [3.05, 3.63) is 47.0 Å². The first-order valence-corrected chi connectivity index (χ1v) is 8.72. The van der Waals surface area contributed by atoms with E-state index in [0.717, 1.165) is 0 Å². The fourth-order valence-corrected chi connectivity index (χ4v) is 2.91. The molecule has 3 rings (SSSR count). The minimum atomic E-state index is -0.317. The van der Waals surface area contributed by atoms with Crippen LogP contribution < -0.4 is 19.5 Å². The molecule has 0 saturated carbocycles. The van der Waals surface area contributed by atoms with Gasteiger partial charge in [-0.25, -0.2) is 0 Å². The zero-order valence-electron chi connectivity index (χ0n) is 15.0. The predicted molar refractivity (Wildman–Crippen MR) is 101 cm³/mol. The zero-order valence-corrected chi connectivity index (χ0v) is 15.7. The van der Waals surface area contributed by atoms with Gasteiger partial charge in [-0.3, -0.25) is 9.59 Å². The Morgan fingerprint density at radius 2 is 1.96 bits per heavy atom. The fraction of sp³-hybridized carbons (Fsp3) is 0.263. The standard InChI is InChI=1S/C19H19ClN2O5/c1-3-22(10-17(23)21-13-4-6-14(25-2)7-5-13)19(24)12-8-15(20)18-16(9-12)26-11-27-18/h4-9H,3,10-11H2,1-2H3,(H,21,23). The van der Waals surface area contributed by atoms with Gasteiger partial charge in [0.2, 0.25) is 12.7 Å². The highest BCUT2D eigenvalue weighted by Gasteiger charge is 2.24. The molecule has 2 amide bonds. The molecule has 27 heavy (non-hydrogen) atoms. The Morgan fingerprint density at radius 1 is 1.22 bits per heavy atom. The van der Waals surface area contributed by atoms with Crippen LogP contribution in [0.2, 0.25) is 5.02 Å². The van der Waals surface area contributed by atoms with Gasteiger partial charge < -0.3 is 24.4 Å². The van der Waals surface area contributed by atoms with Gasteiger partial charge in [0, 0.05) is 17.8 Å². The molecular formula is C19H19ClN2O5. The summed E-state index contributed by atoms with van der Waals surface area (Å²) in [5, 5.41) is 3.06. The first-order valence-electron chi connectivity index (χ1n) is 8.34. The molecule has 0 aliphatic carbocycles. The van der Waals surface area contributed by atoms with Crippen LogP contribution >= 0.6 is 11.6 Å². The zero-order chi connectivity index (χ0) is 19.4. The summed E-state index contributed by atoms with van der Waals surface area (Å²) in [5.74, 6) is 0.918. The Morgan fingerprint density at radius 3 is 2.63 bits per heavy atom. The van der Waals surface area contributed by atoms with Gasteiger partial charge in [-0.1, -0.05) is 11.6 Å². The van der Waals surface area contributed by atoms with Crippen LogP contribution in [0.1, 0.15) is 17.3 Å². The van der Waals surface area contributed by atoms with Crippen LogP contribution in [0.5, 0.6) is 17.2 Å². The normalized spacial score (nSPS) is 11.8. The van der Waals surface area contributed by atoms with Crippen molar-refractivity contribution in [2.45, 2.75) is 6.92 Å². The van der Waals surface area contributed by atoms with E-state index in [9.17, 15) is 9.59 Å². The lowest BCUT2D eigenvalue weighted by atomic mass is 10.1. The molecule has 0 radical (unpaired) electrons. The van der Waals surface area contributed by atoms with E-state index in [1.807, 2.05) is 0 Å². The molecule has 2 aromatic rings. The second-order valence-corrected chi connectivity index (χ2v) is 6.20. The van der Waals surface area contributed by atoms with Gasteiger partial charge in [0.05, 0.1) is 12.1 Å². The van der Waals surface area contributed by atoms with E-state index in [2.05, 4.69) is 5.32 Å². The van der Waals surface area contributed by atoms with Crippen molar-refractivity contribution < 1.29 is 23.8 Å². The molecule has 0 saturated heterocycles. The number of fused-ring (bicyclic) bond motifs is 1. The molecule has 1 N–H and O–H groups in total.